The van der Waals surface area contributed by atoms with E-state index in [-0.39, 0.29) is 41.6 Å². The Morgan fingerprint density at radius 3 is 2.50 bits per heavy atom. The third-order valence-electron chi connectivity index (χ3n) is 3.90. The minimum Gasteiger partial charge on any atom is -0.490 e. The first-order chi connectivity index (χ1) is 14.0. The van der Waals surface area contributed by atoms with Crippen LogP contribution in [-0.4, -0.2) is 29.9 Å². The molecular formula is C20H21ClF3N3O3. The van der Waals surface area contributed by atoms with Gasteiger partial charge in [-0.2, -0.15) is 13.2 Å². The van der Waals surface area contributed by atoms with Gasteiger partial charge in [-0.25, -0.2) is 4.98 Å². The van der Waals surface area contributed by atoms with Crippen LogP contribution in [0.5, 0.6) is 5.75 Å². The van der Waals surface area contributed by atoms with Gasteiger partial charge in [-0.3, -0.25) is 9.59 Å². The van der Waals surface area contributed by atoms with Gasteiger partial charge in [0.25, 0.3) is 5.91 Å². The Morgan fingerprint density at radius 1 is 1.20 bits per heavy atom. The number of aromatic nitrogens is 1. The number of rotatable bonds is 7. The zero-order chi connectivity index (χ0) is 22.5. The smallest absolute Gasteiger partial charge is 0.416 e. The number of alkyl halides is 3. The second kappa shape index (κ2) is 9.80. The van der Waals surface area contributed by atoms with Crippen molar-refractivity contribution in [3.05, 3.63) is 52.2 Å². The average molecular weight is 444 g/mol. The summed E-state index contributed by atoms with van der Waals surface area (Å²) in [5, 5.41) is 5.09. The Balaban J connectivity index is 1.92. The highest BCUT2D eigenvalue weighted by Crippen LogP contribution is 2.34. The third kappa shape index (κ3) is 6.62. The molecule has 1 heterocycles. The molecule has 162 valence electrons. The number of pyridine rings is 1. The molecule has 30 heavy (non-hydrogen) atoms. The molecule has 1 aromatic carbocycles. The number of aryl methyl sites for hydroxylation is 1. The summed E-state index contributed by atoms with van der Waals surface area (Å²) in [6.07, 6.45) is -4.49. The molecule has 2 N–H and O–H groups in total. The van der Waals surface area contributed by atoms with Gasteiger partial charge in [0.1, 0.15) is 18.2 Å². The second-order valence-corrected chi connectivity index (χ2v) is 7.18. The number of amides is 2. The van der Waals surface area contributed by atoms with E-state index < -0.39 is 17.6 Å². The molecule has 6 nitrogen and oxygen atoms in total. The van der Waals surface area contributed by atoms with Crippen LogP contribution in [0.3, 0.4) is 0 Å². The molecule has 2 aromatic rings. The van der Waals surface area contributed by atoms with E-state index in [1.807, 2.05) is 0 Å². The quantitative estimate of drug-likeness (QED) is 0.619. The number of hydrogen-bond acceptors (Lipinski definition) is 4. The van der Waals surface area contributed by atoms with Gasteiger partial charge in [0.15, 0.2) is 0 Å². The van der Waals surface area contributed by atoms with E-state index in [1.54, 1.807) is 26.8 Å². The van der Waals surface area contributed by atoms with Crippen LogP contribution in [0.15, 0.2) is 30.3 Å². The molecule has 1 aromatic heterocycles. The van der Waals surface area contributed by atoms with E-state index >= 15 is 0 Å². The van der Waals surface area contributed by atoms with Gasteiger partial charge in [0.05, 0.1) is 17.1 Å². The molecule has 0 bridgehead atoms. The van der Waals surface area contributed by atoms with E-state index in [0.717, 1.165) is 18.2 Å². The second-order valence-electron chi connectivity index (χ2n) is 6.77. The van der Waals surface area contributed by atoms with Crippen molar-refractivity contribution in [1.82, 2.24) is 10.3 Å². The number of carbonyl (C=O) groups excluding carboxylic acids is 2. The van der Waals surface area contributed by atoms with E-state index in [4.69, 9.17) is 16.3 Å². The Kier molecular flexibility index (Phi) is 7.66. The average Bonchev–Trinajstić information content (AvgIpc) is 2.64. The summed E-state index contributed by atoms with van der Waals surface area (Å²) in [5.41, 5.74) is -0.0230. The number of anilines is 1. The predicted molar refractivity (Wildman–Crippen MR) is 107 cm³/mol. The van der Waals surface area contributed by atoms with Gasteiger partial charge in [-0.1, -0.05) is 25.4 Å². The first-order valence-electron chi connectivity index (χ1n) is 9.04. The Bertz CT molecular complexity index is 933. The summed E-state index contributed by atoms with van der Waals surface area (Å²) >= 11 is 5.82. The molecular weight excluding hydrogens is 423 g/mol. The van der Waals surface area contributed by atoms with E-state index in [1.165, 1.54) is 6.07 Å². The van der Waals surface area contributed by atoms with Crippen molar-refractivity contribution in [2.75, 3.05) is 18.5 Å². The minimum absolute atomic E-state index is 0.00215. The molecule has 0 unspecified atom stereocenters. The van der Waals surface area contributed by atoms with Crippen molar-refractivity contribution >= 4 is 29.2 Å². The van der Waals surface area contributed by atoms with Crippen molar-refractivity contribution in [2.45, 2.75) is 26.9 Å². The molecule has 0 saturated carbocycles. The molecule has 10 heteroatoms. The van der Waals surface area contributed by atoms with Crippen LogP contribution in [0.4, 0.5) is 19.0 Å². The molecule has 0 spiro atoms. The van der Waals surface area contributed by atoms with Crippen LogP contribution < -0.4 is 15.4 Å². The lowest BCUT2D eigenvalue weighted by Crippen LogP contribution is -2.28. The maximum Gasteiger partial charge on any atom is 0.416 e. The minimum atomic E-state index is -4.49. The molecule has 0 atom stereocenters. The third-order valence-corrected chi connectivity index (χ3v) is 4.19. The maximum absolute atomic E-state index is 12.6. The highest BCUT2D eigenvalue weighted by molar-refractivity contribution is 6.32. The van der Waals surface area contributed by atoms with Crippen molar-refractivity contribution < 1.29 is 27.5 Å². The number of nitrogens with one attached hydrogen (secondary N) is 2. The monoisotopic (exact) mass is 443 g/mol. The summed E-state index contributed by atoms with van der Waals surface area (Å²) in [6, 6.07) is 5.79. The van der Waals surface area contributed by atoms with E-state index in [0.29, 0.717) is 11.3 Å². The molecule has 2 amide bonds. The van der Waals surface area contributed by atoms with Crippen molar-refractivity contribution in [3.63, 3.8) is 0 Å². The van der Waals surface area contributed by atoms with Crippen LogP contribution in [0, 0.1) is 12.8 Å². The van der Waals surface area contributed by atoms with Crippen molar-refractivity contribution in [1.29, 1.82) is 0 Å². The number of hydrogen-bond donors (Lipinski definition) is 2. The zero-order valence-electron chi connectivity index (χ0n) is 16.6. The Hall–Kier alpha value is -2.81. The topological polar surface area (TPSA) is 80.3 Å². The van der Waals surface area contributed by atoms with Crippen molar-refractivity contribution in [2.24, 2.45) is 5.92 Å². The van der Waals surface area contributed by atoms with Crippen LogP contribution in [0.1, 0.15) is 35.5 Å². The lowest BCUT2D eigenvalue weighted by Gasteiger charge is -2.12. The summed E-state index contributed by atoms with van der Waals surface area (Å²) in [5.74, 6) is -0.522. The Labute approximate surface area is 176 Å². The fourth-order valence-corrected chi connectivity index (χ4v) is 2.59. The number of ether oxygens (including phenoxy) is 1. The van der Waals surface area contributed by atoms with E-state index in [2.05, 4.69) is 15.6 Å². The van der Waals surface area contributed by atoms with Crippen LogP contribution in [0.25, 0.3) is 0 Å². The normalized spacial score (nSPS) is 11.3. The fourth-order valence-electron chi connectivity index (χ4n) is 2.36. The summed E-state index contributed by atoms with van der Waals surface area (Å²) in [4.78, 5) is 28.3. The molecule has 2 rings (SSSR count). The zero-order valence-corrected chi connectivity index (χ0v) is 17.3. The molecule has 0 aliphatic carbocycles. The lowest BCUT2D eigenvalue weighted by atomic mass is 10.2. The Morgan fingerprint density at radius 2 is 1.90 bits per heavy atom. The van der Waals surface area contributed by atoms with E-state index in [9.17, 15) is 22.8 Å². The summed E-state index contributed by atoms with van der Waals surface area (Å²) in [6.45, 7) is 5.25. The van der Waals surface area contributed by atoms with Crippen LogP contribution in [0.2, 0.25) is 5.02 Å². The molecule has 0 fully saturated rings. The van der Waals surface area contributed by atoms with Gasteiger partial charge < -0.3 is 15.4 Å². The fraction of sp³-hybridized carbons (Fsp3) is 0.350. The number of nitrogens with zero attached hydrogens (tertiary/aromatic N) is 1. The largest absolute Gasteiger partial charge is 0.490 e. The highest BCUT2D eigenvalue weighted by Gasteiger charge is 2.31. The summed E-state index contributed by atoms with van der Waals surface area (Å²) in [7, 11) is 0. The molecule has 0 aliphatic heterocycles. The van der Waals surface area contributed by atoms with Gasteiger partial charge >= 0.3 is 6.18 Å². The van der Waals surface area contributed by atoms with Crippen molar-refractivity contribution in [3.8, 4) is 5.75 Å². The standard InChI is InChI=1S/C20H21ClF3N3O3/c1-11(2)18(28)27-17-9-13(8-12(3)26-17)19(29)25-6-7-30-16-5-4-14(10-15(16)21)20(22,23)24/h4-5,8-11H,6-7H2,1-3H3,(H,25,29)(H,26,27,28). The first-order valence-corrected chi connectivity index (χ1v) is 9.42. The maximum atomic E-state index is 12.6. The van der Waals surface area contributed by atoms with Crippen LogP contribution >= 0.6 is 11.6 Å². The van der Waals surface area contributed by atoms with Gasteiger partial charge in [0.2, 0.25) is 5.91 Å². The number of benzene rings is 1. The SMILES string of the molecule is Cc1cc(C(=O)NCCOc2ccc(C(F)(F)F)cc2Cl)cc(NC(=O)C(C)C)n1. The van der Waals surface area contributed by atoms with Gasteiger partial charge in [-0.05, 0) is 37.3 Å². The number of halogens is 4. The summed E-state index contributed by atoms with van der Waals surface area (Å²) < 4.78 is 43.3. The predicted octanol–water partition coefficient (Wildman–Crippen LogP) is 4.47. The lowest BCUT2D eigenvalue weighted by molar-refractivity contribution is -0.137. The van der Waals surface area contributed by atoms with Gasteiger partial charge in [-0.15, -0.1) is 0 Å². The molecule has 0 saturated heterocycles. The molecule has 0 aliphatic rings. The van der Waals surface area contributed by atoms with Gasteiger partial charge in [0, 0.05) is 17.2 Å². The number of carbonyl (C=O) groups is 2. The van der Waals surface area contributed by atoms with Crippen LogP contribution in [-0.2, 0) is 11.0 Å². The molecule has 0 radical (unpaired) electrons. The first kappa shape index (κ1) is 23.5. The highest BCUT2D eigenvalue weighted by atomic mass is 35.5.